The second kappa shape index (κ2) is 7.40. The molecule has 1 heterocycles. The summed E-state index contributed by atoms with van der Waals surface area (Å²) in [5.41, 5.74) is 2.93. The largest absolute Gasteiger partial charge is 0.381 e. The third kappa shape index (κ3) is 3.60. The maximum absolute atomic E-state index is 5.59. The van der Waals surface area contributed by atoms with Crippen LogP contribution in [0.3, 0.4) is 0 Å². The van der Waals surface area contributed by atoms with Gasteiger partial charge in [0.05, 0.1) is 0 Å². The molecule has 1 saturated heterocycles. The molecule has 2 nitrogen and oxygen atoms in total. The molecule has 0 bridgehead atoms. The van der Waals surface area contributed by atoms with Crippen LogP contribution in [0.25, 0.3) is 0 Å². The van der Waals surface area contributed by atoms with Crippen LogP contribution in [-0.2, 0) is 16.7 Å². The quantitative estimate of drug-likeness (QED) is 0.859. The van der Waals surface area contributed by atoms with Gasteiger partial charge in [0.25, 0.3) is 0 Å². The summed E-state index contributed by atoms with van der Waals surface area (Å²) in [6, 6.07) is 19.3. The minimum Gasteiger partial charge on any atom is -0.381 e. The molecule has 1 aliphatic heterocycles. The lowest BCUT2D eigenvalue weighted by Gasteiger charge is -2.38. The van der Waals surface area contributed by atoms with E-state index < -0.39 is 0 Å². The molecule has 2 aromatic carbocycles. The predicted octanol–water partition coefficient (Wildman–Crippen LogP) is 4.29. The second-order valence-electron chi connectivity index (χ2n) is 5.95. The Hall–Kier alpha value is -1.16. The molecule has 3 rings (SSSR count). The highest BCUT2D eigenvalue weighted by Crippen LogP contribution is 2.34. The third-order valence-electron chi connectivity index (χ3n) is 4.57. The van der Waals surface area contributed by atoms with Gasteiger partial charge in [-0.05, 0) is 30.0 Å². The molecule has 0 radical (unpaired) electrons. The first kappa shape index (κ1) is 15.7. The van der Waals surface area contributed by atoms with Gasteiger partial charge < -0.3 is 10.1 Å². The van der Waals surface area contributed by atoms with Crippen LogP contribution < -0.4 is 5.32 Å². The molecular weight excluding hydrogens is 338 g/mol. The molecule has 0 spiro atoms. The molecule has 0 saturated carbocycles. The van der Waals surface area contributed by atoms with Gasteiger partial charge in [0.2, 0.25) is 0 Å². The van der Waals surface area contributed by atoms with Crippen molar-refractivity contribution in [3.63, 3.8) is 0 Å². The molecule has 1 fully saturated rings. The van der Waals surface area contributed by atoms with Gasteiger partial charge in [-0.1, -0.05) is 64.5 Å². The standard InChI is InChI=1S/C19H22BrNO/c20-18-9-5-4-6-16(18)14-21-15-19(10-12-22-13-11-19)17-7-2-1-3-8-17/h1-9,21H,10-15H2. The van der Waals surface area contributed by atoms with E-state index in [1.807, 2.05) is 0 Å². The average molecular weight is 360 g/mol. The smallest absolute Gasteiger partial charge is 0.0475 e. The zero-order valence-electron chi connectivity index (χ0n) is 12.7. The second-order valence-corrected chi connectivity index (χ2v) is 6.81. The van der Waals surface area contributed by atoms with E-state index in [1.165, 1.54) is 15.6 Å². The van der Waals surface area contributed by atoms with Gasteiger partial charge in [-0.25, -0.2) is 0 Å². The lowest BCUT2D eigenvalue weighted by Crippen LogP contribution is -2.42. The first-order valence-electron chi connectivity index (χ1n) is 7.88. The van der Waals surface area contributed by atoms with Crippen LogP contribution in [0, 0.1) is 0 Å². The summed E-state index contributed by atoms with van der Waals surface area (Å²) in [7, 11) is 0. The van der Waals surface area contributed by atoms with Gasteiger partial charge in [-0.2, -0.15) is 0 Å². The molecule has 22 heavy (non-hydrogen) atoms. The van der Waals surface area contributed by atoms with Crippen LogP contribution in [-0.4, -0.2) is 19.8 Å². The van der Waals surface area contributed by atoms with Gasteiger partial charge in [0.15, 0.2) is 0 Å². The SMILES string of the molecule is Brc1ccccc1CNCC1(c2ccccc2)CCOCC1. The number of hydrogen-bond donors (Lipinski definition) is 1. The van der Waals surface area contributed by atoms with Crippen molar-refractivity contribution in [1.82, 2.24) is 5.32 Å². The van der Waals surface area contributed by atoms with E-state index >= 15 is 0 Å². The Labute approximate surface area is 141 Å². The Bertz CT molecular complexity index is 593. The minimum atomic E-state index is 0.195. The molecule has 0 unspecified atom stereocenters. The topological polar surface area (TPSA) is 21.3 Å². The van der Waals surface area contributed by atoms with Gasteiger partial charge in [0, 0.05) is 36.2 Å². The summed E-state index contributed by atoms with van der Waals surface area (Å²) in [5.74, 6) is 0. The predicted molar refractivity (Wildman–Crippen MR) is 94.0 cm³/mol. The average Bonchev–Trinajstić information content (AvgIpc) is 2.58. The van der Waals surface area contributed by atoms with Crippen LogP contribution in [0.1, 0.15) is 24.0 Å². The number of hydrogen-bond acceptors (Lipinski definition) is 2. The number of ether oxygens (including phenoxy) is 1. The summed E-state index contributed by atoms with van der Waals surface area (Å²) in [6.45, 7) is 3.58. The van der Waals surface area contributed by atoms with Crippen molar-refractivity contribution < 1.29 is 4.74 Å². The molecule has 0 atom stereocenters. The van der Waals surface area contributed by atoms with Crippen LogP contribution in [0.4, 0.5) is 0 Å². The molecule has 0 amide bonds. The monoisotopic (exact) mass is 359 g/mol. The zero-order chi connectivity index (χ0) is 15.3. The summed E-state index contributed by atoms with van der Waals surface area (Å²) in [6.07, 6.45) is 2.17. The highest BCUT2D eigenvalue weighted by Gasteiger charge is 2.33. The van der Waals surface area contributed by atoms with E-state index in [-0.39, 0.29) is 5.41 Å². The molecular formula is C19H22BrNO. The number of benzene rings is 2. The Morgan fingerprint density at radius 3 is 2.36 bits per heavy atom. The van der Waals surface area contributed by atoms with E-state index in [4.69, 9.17) is 4.74 Å². The van der Waals surface area contributed by atoms with Crippen LogP contribution in [0.15, 0.2) is 59.1 Å². The lowest BCUT2D eigenvalue weighted by molar-refractivity contribution is 0.0498. The molecule has 2 aromatic rings. The van der Waals surface area contributed by atoms with Crippen molar-refractivity contribution in [2.45, 2.75) is 24.8 Å². The van der Waals surface area contributed by atoms with E-state index in [2.05, 4.69) is 75.8 Å². The van der Waals surface area contributed by atoms with Gasteiger partial charge in [-0.3, -0.25) is 0 Å². The van der Waals surface area contributed by atoms with E-state index in [0.29, 0.717) is 0 Å². The Balaban J connectivity index is 1.70. The van der Waals surface area contributed by atoms with Gasteiger partial charge in [-0.15, -0.1) is 0 Å². The maximum atomic E-state index is 5.59. The zero-order valence-corrected chi connectivity index (χ0v) is 14.3. The van der Waals surface area contributed by atoms with Crippen LogP contribution >= 0.6 is 15.9 Å². The lowest BCUT2D eigenvalue weighted by atomic mass is 9.74. The third-order valence-corrected chi connectivity index (χ3v) is 5.35. The van der Waals surface area contributed by atoms with E-state index in [0.717, 1.165) is 39.1 Å². The molecule has 1 N–H and O–H groups in total. The van der Waals surface area contributed by atoms with Crippen LogP contribution in [0.5, 0.6) is 0 Å². The fraction of sp³-hybridized carbons (Fsp3) is 0.368. The summed E-state index contributed by atoms with van der Waals surface area (Å²) in [4.78, 5) is 0. The minimum absolute atomic E-state index is 0.195. The Morgan fingerprint density at radius 1 is 0.955 bits per heavy atom. The molecule has 0 aliphatic carbocycles. The molecule has 0 aromatic heterocycles. The molecule has 3 heteroatoms. The highest BCUT2D eigenvalue weighted by atomic mass is 79.9. The van der Waals surface area contributed by atoms with Crippen molar-refractivity contribution in [3.8, 4) is 0 Å². The Kier molecular flexibility index (Phi) is 5.29. The van der Waals surface area contributed by atoms with Crippen LogP contribution in [0.2, 0.25) is 0 Å². The van der Waals surface area contributed by atoms with Crippen molar-refractivity contribution >= 4 is 15.9 Å². The first-order chi connectivity index (χ1) is 10.8. The number of nitrogens with one attached hydrogen (secondary N) is 1. The first-order valence-corrected chi connectivity index (χ1v) is 8.67. The summed E-state index contributed by atoms with van der Waals surface area (Å²) >= 11 is 3.62. The fourth-order valence-electron chi connectivity index (χ4n) is 3.20. The van der Waals surface area contributed by atoms with Crippen molar-refractivity contribution in [2.24, 2.45) is 0 Å². The van der Waals surface area contributed by atoms with Gasteiger partial charge in [0.1, 0.15) is 0 Å². The summed E-state index contributed by atoms with van der Waals surface area (Å²) < 4.78 is 6.76. The van der Waals surface area contributed by atoms with E-state index in [1.54, 1.807) is 0 Å². The highest BCUT2D eigenvalue weighted by molar-refractivity contribution is 9.10. The van der Waals surface area contributed by atoms with E-state index in [9.17, 15) is 0 Å². The van der Waals surface area contributed by atoms with Gasteiger partial charge >= 0.3 is 0 Å². The van der Waals surface area contributed by atoms with Crippen molar-refractivity contribution in [3.05, 3.63) is 70.2 Å². The number of rotatable bonds is 5. The maximum Gasteiger partial charge on any atom is 0.0475 e. The Morgan fingerprint density at radius 2 is 1.64 bits per heavy atom. The summed E-state index contributed by atoms with van der Waals surface area (Å²) in [5, 5.41) is 3.67. The molecule has 1 aliphatic rings. The fourth-order valence-corrected chi connectivity index (χ4v) is 3.62. The van der Waals surface area contributed by atoms with Crippen molar-refractivity contribution in [1.29, 1.82) is 0 Å². The van der Waals surface area contributed by atoms with Crippen molar-refractivity contribution in [2.75, 3.05) is 19.8 Å². The molecule has 116 valence electrons. The normalized spacial score (nSPS) is 17.3. The number of halogens is 1.